The number of carbonyl (C=O) groups is 3. The number of alkyl halides is 6. The molecule has 0 aromatic heterocycles. The average Bonchev–Trinajstić information content (AvgIpc) is 3.11. The number of carboxylic acid groups (broad SMARTS) is 2. The molecule has 0 unspecified atom stereocenters. The predicted molar refractivity (Wildman–Crippen MR) is 129 cm³/mol. The van der Waals surface area contributed by atoms with E-state index >= 15 is 0 Å². The number of halogens is 6. The molecule has 2 aliphatic heterocycles. The molecular weight excluding hydrogens is 554 g/mol. The van der Waals surface area contributed by atoms with Gasteiger partial charge in [-0.05, 0) is 37.1 Å². The lowest BCUT2D eigenvalue weighted by Gasteiger charge is -2.43. The fourth-order valence-electron chi connectivity index (χ4n) is 5.15. The highest BCUT2D eigenvalue weighted by molar-refractivity contribution is 5.74. The molecule has 40 heavy (non-hydrogen) atoms. The quantitative estimate of drug-likeness (QED) is 0.369. The third-order valence-corrected chi connectivity index (χ3v) is 7.02. The Bertz CT molecular complexity index is 1010. The van der Waals surface area contributed by atoms with Gasteiger partial charge < -0.3 is 30.4 Å². The highest BCUT2D eigenvalue weighted by Crippen LogP contribution is 2.52. The summed E-state index contributed by atoms with van der Waals surface area (Å²) >= 11 is 0. The van der Waals surface area contributed by atoms with Crippen LogP contribution in [0.25, 0.3) is 0 Å². The monoisotopic (exact) mass is 586 g/mol. The van der Waals surface area contributed by atoms with E-state index in [9.17, 15) is 36.2 Å². The molecular formula is C24H32F6N4O6. The van der Waals surface area contributed by atoms with Crippen LogP contribution >= 0.6 is 0 Å². The van der Waals surface area contributed by atoms with Crippen LogP contribution < -0.4 is 5.32 Å². The molecule has 2 saturated heterocycles. The number of piperazine rings is 1. The van der Waals surface area contributed by atoms with Crippen molar-refractivity contribution in [2.45, 2.75) is 42.8 Å². The molecule has 10 nitrogen and oxygen atoms in total. The van der Waals surface area contributed by atoms with Gasteiger partial charge in [0, 0.05) is 45.7 Å². The Kier molecular flexibility index (Phi) is 10.8. The highest BCUT2D eigenvalue weighted by Gasteiger charge is 2.53. The van der Waals surface area contributed by atoms with E-state index in [4.69, 9.17) is 19.8 Å². The predicted octanol–water partition coefficient (Wildman–Crippen LogP) is 2.29. The number of aliphatic carboxylic acids is 2. The van der Waals surface area contributed by atoms with Gasteiger partial charge in [-0.3, -0.25) is 4.90 Å². The second-order valence-corrected chi connectivity index (χ2v) is 9.69. The molecule has 1 aromatic carbocycles. The summed E-state index contributed by atoms with van der Waals surface area (Å²) in [6.45, 7) is 4.98. The topological polar surface area (TPSA) is 134 Å². The van der Waals surface area contributed by atoms with Gasteiger partial charge in [-0.1, -0.05) is 24.3 Å². The summed E-state index contributed by atoms with van der Waals surface area (Å²) in [7, 11) is 3.60. The van der Waals surface area contributed by atoms with Gasteiger partial charge >= 0.3 is 30.3 Å². The van der Waals surface area contributed by atoms with Gasteiger partial charge in [0.2, 0.25) is 0 Å². The van der Waals surface area contributed by atoms with Gasteiger partial charge in [0.25, 0.3) is 0 Å². The number of benzene rings is 1. The van der Waals surface area contributed by atoms with Crippen molar-refractivity contribution in [2.75, 3.05) is 53.4 Å². The first kappa shape index (κ1) is 33.1. The lowest BCUT2D eigenvalue weighted by molar-refractivity contribution is -0.193. The number of nitrogens with zero attached hydrogens (tertiary/aromatic N) is 3. The number of carboxylic acids is 2. The van der Waals surface area contributed by atoms with E-state index in [1.165, 1.54) is 11.1 Å². The van der Waals surface area contributed by atoms with Crippen molar-refractivity contribution in [3.05, 3.63) is 35.4 Å². The molecule has 4 N–H and O–H groups in total. The fourth-order valence-corrected chi connectivity index (χ4v) is 5.15. The van der Waals surface area contributed by atoms with Crippen molar-refractivity contribution in [3.8, 4) is 0 Å². The van der Waals surface area contributed by atoms with Crippen LogP contribution in [0.4, 0.5) is 31.1 Å². The van der Waals surface area contributed by atoms with Gasteiger partial charge in [0.1, 0.15) is 0 Å². The Morgan fingerprint density at radius 2 is 1.35 bits per heavy atom. The van der Waals surface area contributed by atoms with Crippen LogP contribution in [0.5, 0.6) is 0 Å². The number of fused-ring (bicyclic) bond motifs is 2. The van der Waals surface area contributed by atoms with Crippen LogP contribution in [0.3, 0.4) is 0 Å². The minimum absolute atomic E-state index is 0.0425. The molecule has 2 atom stereocenters. The minimum atomic E-state index is -5.08. The largest absolute Gasteiger partial charge is 0.490 e. The van der Waals surface area contributed by atoms with E-state index in [2.05, 4.69) is 34.5 Å². The molecule has 1 spiro atoms. The zero-order valence-electron chi connectivity index (χ0n) is 21.8. The Balaban J connectivity index is 0.000000333. The van der Waals surface area contributed by atoms with Gasteiger partial charge in [-0.25, -0.2) is 14.4 Å². The van der Waals surface area contributed by atoms with E-state index in [-0.39, 0.29) is 23.6 Å². The standard InChI is InChI=1S/C20H30N4O2.2C2HF3O2/c1-22(2)19(26)24-13-11-23(12-14-24)17-15-5-3-4-6-16(15)20(18(17)25)7-9-21-10-8-20;2*3-2(4,5)1(6)7/h3-6,17-18,21,25H,7-14H2,1-2H3;2*(H,6,7)/t17-,18+;;/m1../s1. The van der Waals surface area contributed by atoms with Gasteiger partial charge in [-0.2, -0.15) is 26.3 Å². The van der Waals surface area contributed by atoms with E-state index in [0.29, 0.717) is 0 Å². The first-order valence-corrected chi connectivity index (χ1v) is 12.2. The molecule has 0 saturated carbocycles. The zero-order chi connectivity index (χ0) is 30.5. The Labute approximate surface area is 226 Å². The maximum absolute atomic E-state index is 12.2. The molecule has 4 rings (SSSR count). The van der Waals surface area contributed by atoms with E-state index < -0.39 is 24.3 Å². The first-order valence-electron chi connectivity index (χ1n) is 12.2. The van der Waals surface area contributed by atoms with Crippen molar-refractivity contribution in [3.63, 3.8) is 0 Å². The summed E-state index contributed by atoms with van der Waals surface area (Å²) in [6, 6.07) is 8.72. The number of nitrogens with one attached hydrogen (secondary N) is 1. The number of rotatable bonds is 1. The van der Waals surface area contributed by atoms with Crippen molar-refractivity contribution in [2.24, 2.45) is 0 Å². The number of hydrogen-bond donors (Lipinski definition) is 4. The number of aliphatic hydroxyl groups excluding tert-OH is 1. The second-order valence-electron chi connectivity index (χ2n) is 9.69. The summed E-state index contributed by atoms with van der Waals surface area (Å²) in [6.07, 6.45) is -8.57. The molecule has 2 amide bonds. The summed E-state index contributed by atoms with van der Waals surface area (Å²) in [5.74, 6) is -5.51. The average molecular weight is 587 g/mol. The Hall–Kier alpha value is -3.11. The molecule has 1 aliphatic carbocycles. The molecule has 3 aliphatic rings. The summed E-state index contributed by atoms with van der Waals surface area (Å²) < 4.78 is 63.5. The Morgan fingerprint density at radius 3 is 1.77 bits per heavy atom. The molecule has 0 radical (unpaired) electrons. The third kappa shape index (κ3) is 7.75. The first-order chi connectivity index (χ1) is 18.4. The van der Waals surface area contributed by atoms with Crippen LogP contribution in [-0.2, 0) is 15.0 Å². The van der Waals surface area contributed by atoms with E-state index in [1.807, 2.05) is 4.90 Å². The Morgan fingerprint density at radius 1 is 0.900 bits per heavy atom. The lowest BCUT2D eigenvalue weighted by Crippen LogP contribution is -2.55. The van der Waals surface area contributed by atoms with Gasteiger partial charge in [0.15, 0.2) is 0 Å². The number of piperidine rings is 1. The number of amides is 2. The summed E-state index contributed by atoms with van der Waals surface area (Å²) in [5.41, 5.74) is 2.50. The van der Waals surface area contributed by atoms with Crippen LogP contribution in [-0.4, -0.2) is 120 Å². The smallest absolute Gasteiger partial charge is 0.475 e. The molecule has 1 aromatic rings. The lowest BCUT2D eigenvalue weighted by atomic mass is 9.72. The van der Waals surface area contributed by atoms with Crippen molar-refractivity contribution in [1.29, 1.82) is 0 Å². The van der Waals surface area contributed by atoms with Crippen molar-refractivity contribution >= 4 is 18.0 Å². The van der Waals surface area contributed by atoms with Crippen molar-refractivity contribution < 1.29 is 56.0 Å². The number of hydrogen-bond acceptors (Lipinski definition) is 6. The second kappa shape index (κ2) is 13.0. The van der Waals surface area contributed by atoms with Crippen LogP contribution in [0.2, 0.25) is 0 Å². The van der Waals surface area contributed by atoms with Crippen LogP contribution in [0.15, 0.2) is 24.3 Å². The third-order valence-electron chi connectivity index (χ3n) is 7.02. The number of urea groups is 1. The van der Waals surface area contributed by atoms with Crippen molar-refractivity contribution in [1.82, 2.24) is 20.0 Å². The van der Waals surface area contributed by atoms with Crippen LogP contribution in [0.1, 0.15) is 30.0 Å². The van der Waals surface area contributed by atoms with Gasteiger partial charge in [-0.15, -0.1) is 0 Å². The van der Waals surface area contributed by atoms with E-state index in [0.717, 1.165) is 52.1 Å². The van der Waals surface area contributed by atoms with Crippen LogP contribution in [0, 0.1) is 0 Å². The number of aliphatic hydroxyl groups is 1. The zero-order valence-corrected chi connectivity index (χ0v) is 21.8. The summed E-state index contributed by atoms with van der Waals surface area (Å²) in [4.78, 5) is 35.9. The molecule has 16 heteroatoms. The number of carbonyl (C=O) groups excluding carboxylic acids is 1. The molecule has 226 valence electrons. The van der Waals surface area contributed by atoms with E-state index in [1.54, 1.807) is 19.0 Å². The molecule has 2 heterocycles. The van der Waals surface area contributed by atoms with Gasteiger partial charge in [0.05, 0.1) is 12.1 Å². The molecule has 0 bridgehead atoms. The SMILES string of the molecule is CN(C)C(=O)N1CCN([C@@H]2c3ccccc3C3(CCNCC3)[C@H]2O)CC1.O=C(O)C(F)(F)F.O=C(O)C(F)(F)F. The maximum Gasteiger partial charge on any atom is 0.490 e. The normalized spacial score (nSPS) is 22.3. The highest BCUT2D eigenvalue weighted by atomic mass is 19.4. The fraction of sp³-hybridized carbons (Fsp3) is 0.625. The maximum atomic E-state index is 12.2. The summed E-state index contributed by atoms with van der Waals surface area (Å²) in [5, 5.41) is 29.1. The minimum Gasteiger partial charge on any atom is -0.475 e. The molecule has 2 fully saturated rings.